The molecule has 0 aliphatic heterocycles. The normalized spacial score (nSPS) is 11.6. The van der Waals surface area contributed by atoms with Crippen molar-refractivity contribution in [2.24, 2.45) is 4.99 Å². The van der Waals surface area contributed by atoms with Gasteiger partial charge in [-0.3, -0.25) is 9.79 Å². The van der Waals surface area contributed by atoms with Gasteiger partial charge in [0, 0.05) is 19.0 Å². The van der Waals surface area contributed by atoms with Gasteiger partial charge in [-0.15, -0.1) is 16.6 Å². The number of carbonyl (C=O) groups excluding carboxylic acids is 1. The highest BCUT2D eigenvalue weighted by Crippen LogP contribution is 2.22. The lowest BCUT2D eigenvalue weighted by molar-refractivity contribution is -0.113. The number of hydrogen-bond acceptors (Lipinski definition) is 5. The zero-order chi connectivity index (χ0) is 21.2. The van der Waals surface area contributed by atoms with Crippen LogP contribution in [-0.2, 0) is 17.8 Å². The minimum Gasteiger partial charge on any atom is -0.323 e. The Balaban J connectivity index is 2.06. The fourth-order valence-corrected chi connectivity index (χ4v) is 3.41. The van der Waals surface area contributed by atoms with E-state index in [0.29, 0.717) is 23.1 Å². The Labute approximate surface area is 174 Å². The quantitative estimate of drug-likeness (QED) is 0.380. The summed E-state index contributed by atoms with van der Waals surface area (Å²) in [5.41, 5.74) is 1.58. The zero-order valence-corrected chi connectivity index (χ0v) is 17.6. The average molecular weight is 414 g/mol. The third-order valence-corrected chi connectivity index (χ3v) is 4.93. The predicted octanol–water partition coefficient (Wildman–Crippen LogP) is 4.19. The number of carbonyl (C=O) groups is 1. The van der Waals surface area contributed by atoms with Crippen molar-refractivity contribution in [1.29, 1.82) is 0 Å². The second-order valence-electron chi connectivity index (χ2n) is 6.05. The molecule has 29 heavy (non-hydrogen) atoms. The summed E-state index contributed by atoms with van der Waals surface area (Å²) in [5.74, 6) is 2.37. The number of aryl methyl sites for hydroxylation is 1. The maximum Gasteiger partial charge on any atom is 0.234 e. The van der Waals surface area contributed by atoms with Crippen LogP contribution in [0.25, 0.3) is 5.57 Å². The number of aromatic nitrogens is 3. The monoisotopic (exact) mass is 413 g/mol. The van der Waals surface area contributed by atoms with Crippen LogP contribution in [0.3, 0.4) is 0 Å². The van der Waals surface area contributed by atoms with Crippen molar-refractivity contribution in [3.63, 3.8) is 0 Å². The molecule has 1 heterocycles. The summed E-state index contributed by atoms with van der Waals surface area (Å²) >= 11 is 1.21. The number of thioether (sulfide) groups is 1. The molecule has 0 radical (unpaired) electrons. The van der Waals surface area contributed by atoms with Gasteiger partial charge in [0.05, 0.1) is 17.0 Å². The lowest BCUT2D eigenvalue weighted by atomic mass is 10.1. The second kappa shape index (κ2) is 11.2. The average Bonchev–Trinajstić information content (AvgIpc) is 3.12. The Bertz CT molecular complexity index is 958. The van der Waals surface area contributed by atoms with Crippen LogP contribution >= 0.6 is 11.8 Å². The molecule has 2 aromatic rings. The molecule has 0 atom stereocenters. The van der Waals surface area contributed by atoms with Crippen molar-refractivity contribution in [2.75, 3.05) is 11.1 Å². The fraction of sp³-hybridized carbons (Fsp3) is 0.333. The number of nitrogens with zero attached hydrogens (tertiary/aromatic N) is 4. The number of benzene rings is 1. The van der Waals surface area contributed by atoms with Crippen molar-refractivity contribution < 1.29 is 9.18 Å². The fourth-order valence-electron chi connectivity index (χ4n) is 2.61. The van der Waals surface area contributed by atoms with Gasteiger partial charge < -0.3 is 9.88 Å². The summed E-state index contributed by atoms with van der Waals surface area (Å²) in [6.45, 7) is 6.33. The van der Waals surface area contributed by atoms with Gasteiger partial charge in [-0.05, 0) is 38.0 Å². The molecule has 2 rings (SSSR count). The Morgan fingerprint density at radius 3 is 2.83 bits per heavy atom. The Morgan fingerprint density at radius 1 is 1.41 bits per heavy atom. The smallest absolute Gasteiger partial charge is 0.234 e. The molecule has 1 N–H and O–H groups in total. The first-order valence-electron chi connectivity index (χ1n) is 9.33. The number of aliphatic imine (C=N–C) groups is 1. The SMILES string of the molecule is C#C/C(=C\N=C/C)c1nnc(SCC(=O)Nc2ccc(CCC)cc2F)n1CC. The van der Waals surface area contributed by atoms with E-state index in [2.05, 4.69) is 26.4 Å². The topological polar surface area (TPSA) is 72.2 Å². The van der Waals surface area contributed by atoms with Gasteiger partial charge in [0.2, 0.25) is 5.91 Å². The molecular weight excluding hydrogens is 389 g/mol. The van der Waals surface area contributed by atoms with Gasteiger partial charge in [0.25, 0.3) is 0 Å². The summed E-state index contributed by atoms with van der Waals surface area (Å²) in [5, 5.41) is 11.4. The number of nitrogens with one attached hydrogen (secondary N) is 1. The summed E-state index contributed by atoms with van der Waals surface area (Å²) in [6, 6.07) is 4.87. The summed E-state index contributed by atoms with van der Waals surface area (Å²) < 4.78 is 16.0. The second-order valence-corrected chi connectivity index (χ2v) is 6.99. The molecule has 152 valence electrons. The molecule has 0 aliphatic rings. The number of terminal acetylenes is 1. The first kappa shape index (κ1) is 22.4. The van der Waals surface area contributed by atoms with Gasteiger partial charge in [0.1, 0.15) is 5.82 Å². The molecule has 8 heteroatoms. The first-order valence-corrected chi connectivity index (χ1v) is 10.3. The number of amides is 1. The summed E-state index contributed by atoms with van der Waals surface area (Å²) in [7, 11) is 0. The van der Waals surface area contributed by atoms with Gasteiger partial charge in [0.15, 0.2) is 11.0 Å². The Kier molecular flexibility index (Phi) is 8.62. The minimum absolute atomic E-state index is 0.0660. The Morgan fingerprint density at radius 2 is 2.21 bits per heavy atom. The number of rotatable bonds is 9. The first-order chi connectivity index (χ1) is 14.0. The van der Waals surface area contributed by atoms with E-state index in [1.54, 1.807) is 25.4 Å². The molecule has 0 fully saturated rings. The van der Waals surface area contributed by atoms with Crippen LogP contribution in [0.1, 0.15) is 38.6 Å². The largest absolute Gasteiger partial charge is 0.323 e. The third kappa shape index (κ3) is 6.03. The molecule has 0 bridgehead atoms. The lowest BCUT2D eigenvalue weighted by Crippen LogP contribution is -2.15. The predicted molar refractivity (Wildman–Crippen MR) is 116 cm³/mol. The van der Waals surface area contributed by atoms with Crippen LogP contribution in [0.4, 0.5) is 10.1 Å². The van der Waals surface area contributed by atoms with E-state index in [1.165, 1.54) is 17.8 Å². The van der Waals surface area contributed by atoms with Gasteiger partial charge in [-0.1, -0.05) is 37.1 Å². The van der Waals surface area contributed by atoms with Crippen molar-refractivity contribution in [1.82, 2.24) is 14.8 Å². The van der Waals surface area contributed by atoms with Crippen LogP contribution in [0.5, 0.6) is 0 Å². The minimum atomic E-state index is -0.436. The molecule has 0 saturated heterocycles. The van der Waals surface area contributed by atoms with Crippen LogP contribution in [0.2, 0.25) is 0 Å². The highest BCUT2D eigenvalue weighted by molar-refractivity contribution is 7.99. The highest BCUT2D eigenvalue weighted by Gasteiger charge is 2.16. The zero-order valence-electron chi connectivity index (χ0n) is 16.8. The van der Waals surface area contributed by atoms with Crippen molar-refractivity contribution in [3.8, 4) is 12.3 Å². The van der Waals surface area contributed by atoms with E-state index < -0.39 is 5.82 Å². The number of hydrogen-bond donors (Lipinski definition) is 1. The lowest BCUT2D eigenvalue weighted by Gasteiger charge is -2.09. The van der Waals surface area contributed by atoms with Crippen molar-refractivity contribution >= 4 is 35.1 Å². The number of halogens is 1. The molecule has 0 spiro atoms. The number of allylic oxidation sites excluding steroid dienone is 1. The van der Waals surface area contributed by atoms with E-state index in [1.807, 2.05) is 24.5 Å². The third-order valence-electron chi connectivity index (χ3n) is 3.96. The van der Waals surface area contributed by atoms with E-state index in [4.69, 9.17) is 6.42 Å². The van der Waals surface area contributed by atoms with E-state index in [9.17, 15) is 9.18 Å². The molecule has 0 aliphatic carbocycles. The van der Waals surface area contributed by atoms with E-state index in [-0.39, 0.29) is 17.3 Å². The number of anilines is 1. The molecule has 0 saturated carbocycles. The van der Waals surface area contributed by atoms with Crippen LogP contribution in [0.15, 0.2) is 34.5 Å². The molecule has 0 unspecified atom stereocenters. The van der Waals surface area contributed by atoms with Crippen LogP contribution in [0, 0.1) is 18.2 Å². The summed E-state index contributed by atoms with van der Waals surface area (Å²) in [6.07, 6.45) is 10.5. The molecule has 1 amide bonds. The van der Waals surface area contributed by atoms with Crippen molar-refractivity contribution in [2.45, 2.75) is 45.3 Å². The van der Waals surface area contributed by atoms with Gasteiger partial charge >= 0.3 is 0 Å². The highest BCUT2D eigenvalue weighted by atomic mass is 32.2. The van der Waals surface area contributed by atoms with E-state index >= 15 is 0 Å². The molecular formula is C21H24FN5OS. The van der Waals surface area contributed by atoms with E-state index in [0.717, 1.165) is 18.4 Å². The van der Waals surface area contributed by atoms with Crippen LogP contribution in [-0.4, -0.2) is 32.6 Å². The molecule has 1 aromatic heterocycles. The summed E-state index contributed by atoms with van der Waals surface area (Å²) in [4.78, 5) is 16.3. The van der Waals surface area contributed by atoms with Gasteiger partial charge in [-0.2, -0.15) is 0 Å². The molecule has 6 nitrogen and oxygen atoms in total. The molecule has 1 aromatic carbocycles. The van der Waals surface area contributed by atoms with Gasteiger partial charge in [-0.25, -0.2) is 4.39 Å². The van der Waals surface area contributed by atoms with Crippen molar-refractivity contribution in [3.05, 3.63) is 41.6 Å². The van der Waals surface area contributed by atoms with Crippen LogP contribution < -0.4 is 5.32 Å². The standard InChI is InChI=1S/C21H24FN5OS/c1-5-9-15-10-11-18(17(22)12-15)24-19(28)14-29-21-26-25-20(27(21)8-4)16(6-2)13-23-7-3/h2,7,10-13H,5,8-9,14H2,1,3-4H3,(H,24,28)/b16-13+,23-7-. The Hall–Kier alpha value is -2.92. The maximum absolute atomic E-state index is 14.2. The maximum atomic E-state index is 14.2.